The van der Waals surface area contributed by atoms with E-state index in [1.807, 2.05) is 0 Å². The smallest absolute Gasteiger partial charge is 0.239 e. The van der Waals surface area contributed by atoms with Gasteiger partial charge in [0.1, 0.15) is 0 Å². The number of fused-ring (bicyclic) bond motifs is 1. The Morgan fingerprint density at radius 3 is 2.95 bits per heavy atom. The molecule has 2 rings (SSSR count). The van der Waals surface area contributed by atoms with Crippen LogP contribution in [0.4, 0.5) is 0 Å². The van der Waals surface area contributed by atoms with E-state index in [1.54, 1.807) is 12.0 Å². The van der Waals surface area contributed by atoms with Gasteiger partial charge in [0.2, 0.25) is 11.8 Å². The van der Waals surface area contributed by atoms with E-state index in [1.165, 1.54) is 0 Å². The van der Waals surface area contributed by atoms with Crippen molar-refractivity contribution in [1.82, 2.24) is 10.2 Å². The van der Waals surface area contributed by atoms with Crippen molar-refractivity contribution in [2.45, 2.75) is 50.3 Å². The second-order valence-electron chi connectivity index (χ2n) is 5.34. The SMILES string of the molecule is COC(CN)CC(=O)N1CC(=O)NC2CCCCC21. The molecule has 1 saturated carbocycles. The second kappa shape index (κ2) is 6.34. The molecule has 0 bridgehead atoms. The highest BCUT2D eigenvalue weighted by molar-refractivity contribution is 5.87. The number of hydrogen-bond acceptors (Lipinski definition) is 4. The van der Waals surface area contributed by atoms with Gasteiger partial charge in [-0.1, -0.05) is 12.8 Å². The molecule has 6 heteroatoms. The van der Waals surface area contributed by atoms with Crippen molar-refractivity contribution in [2.24, 2.45) is 5.73 Å². The molecule has 0 radical (unpaired) electrons. The second-order valence-corrected chi connectivity index (χ2v) is 5.34. The Bertz CT molecular complexity index is 344. The number of rotatable bonds is 4. The number of nitrogens with two attached hydrogens (primary N) is 1. The van der Waals surface area contributed by atoms with Crippen LogP contribution in [0.25, 0.3) is 0 Å². The number of methoxy groups -OCH3 is 1. The van der Waals surface area contributed by atoms with Crippen LogP contribution in [0, 0.1) is 0 Å². The summed E-state index contributed by atoms with van der Waals surface area (Å²) in [5.74, 6) is -0.0812. The quantitative estimate of drug-likeness (QED) is 0.728. The molecule has 2 aliphatic rings. The number of ether oxygens (including phenoxy) is 1. The van der Waals surface area contributed by atoms with Crippen molar-refractivity contribution in [3.8, 4) is 0 Å². The zero-order chi connectivity index (χ0) is 13.8. The third-order valence-corrected chi connectivity index (χ3v) is 4.11. The molecule has 3 unspecified atom stereocenters. The lowest BCUT2D eigenvalue weighted by molar-refractivity contribution is -0.146. The minimum Gasteiger partial charge on any atom is -0.380 e. The molecule has 108 valence electrons. The first kappa shape index (κ1) is 14.3. The van der Waals surface area contributed by atoms with Gasteiger partial charge in [-0.15, -0.1) is 0 Å². The third kappa shape index (κ3) is 3.25. The summed E-state index contributed by atoms with van der Waals surface area (Å²) in [7, 11) is 1.55. The lowest BCUT2D eigenvalue weighted by Gasteiger charge is -2.44. The topological polar surface area (TPSA) is 84.7 Å². The number of piperazine rings is 1. The normalized spacial score (nSPS) is 28.5. The molecule has 0 aromatic carbocycles. The van der Waals surface area contributed by atoms with E-state index in [0.717, 1.165) is 25.7 Å². The zero-order valence-electron chi connectivity index (χ0n) is 11.4. The van der Waals surface area contributed by atoms with Gasteiger partial charge >= 0.3 is 0 Å². The predicted molar refractivity (Wildman–Crippen MR) is 70.4 cm³/mol. The van der Waals surface area contributed by atoms with Crippen LogP contribution in [0.3, 0.4) is 0 Å². The van der Waals surface area contributed by atoms with Crippen LogP contribution in [-0.4, -0.2) is 55.1 Å². The fourth-order valence-electron chi connectivity index (χ4n) is 3.03. The van der Waals surface area contributed by atoms with Gasteiger partial charge in [-0.25, -0.2) is 0 Å². The van der Waals surface area contributed by atoms with Gasteiger partial charge in [0.15, 0.2) is 0 Å². The minimum atomic E-state index is -0.264. The number of hydrogen-bond donors (Lipinski definition) is 2. The van der Waals surface area contributed by atoms with Crippen LogP contribution in [-0.2, 0) is 14.3 Å². The average Bonchev–Trinajstić information content (AvgIpc) is 2.43. The van der Waals surface area contributed by atoms with Crippen LogP contribution in [0.15, 0.2) is 0 Å². The summed E-state index contributed by atoms with van der Waals surface area (Å²) in [4.78, 5) is 25.8. The largest absolute Gasteiger partial charge is 0.380 e. The molecule has 1 aliphatic heterocycles. The summed E-state index contributed by atoms with van der Waals surface area (Å²) in [5, 5.41) is 3.00. The molecule has 19 heavy (non-hydrogen) atoms. The van der Waals surface area contributed by atoms with E-state index >= 15 is 0 Å². The van der Waals surface area contributed by atoms with Crippen LogP contribution >= 0.6 is 0 Å². The molecule has 3 N–H and O–H groups in total. The van der Waals surface area contributed by atoms with Crippen LogP contribution < -0.4 is 11.1 Å². The van der Waals surface area contributed by atoms with E-state index in [2.05, 4.69) is 5.32 Å². The summed E-state index contributed by atoms with van der Waals surface area (Å²) >= 11 is 0. The fourth-order valence-corrected chi connectivity index (χ4v) is 3.03. The molecule has 2 fully saturated rings. The van der Waals surface area contributed by atoms with E-state index in [-0.39, 0.29) is 43.0 Å². The van der Waals surface area contributed by atoms with E-state index in [0.29, 0.717) is 6.54 Å². The highest BCUT2D eigenvalue weighted by atomic mass is 16.5. The summed E-state index contributed by atoms with van der Waals surface area (Å²) in [5.41, 5.74) is 5.55. The highest BCUT2D eigenvalue weighted by Crippen LogP contribution is 2.26. The van der Waals surface area contributed by atoms with Crippen LogP contribution in [0.2, 0.25) is 0 Å². The van der Waals surface area contributed by atoms with Crippen molar-refractivity contribution in [1.29, 1.82) is 0 Å². The Morgan fingerprint density at radius 1 is 1.53 bits per heavy atom. The lowest BCUT2D eigenvalue weighted by Crippen LogP contribution is -2.63. The van der Waals surface area contributed by atoms with Gasteiger partial charge in [0.05, 0.1) is 25.1 Å². The van der Waals surface area contributed by atoms with Gasteiger partial charge in [-0.2, -0.15) is 0 Å². The standard InChI is InChI=1S/C13H23N3O3/c1-19-9(7-14)6-13(18)16-8-12(17)15-10-4-2-3-5-11(10)16/h9-11H,2-8,14H2,1H3,(H,15,17). The number of carbonyl (C=O) groups excluding carboxylic acids is 2. The van der Waals surface area contributed by atoms with Gasteiger partial charge < -0.3 is 20.7 Å². The van der Waals surface area contributed by atoms with Crippen LogP contribution in [0.1, 0.15) is 32.1 Å². The highest BCUT2D eigenvalue weighted by Gasteiger charge is 2.38. The average molecular weight is 269 g/mol. The summed E-state index contributed by atoms with van der Waals surface area (Å²) in [6.07, 6.45) is 4.16. The fraction of sp³-hybridized carbons (Fsp3) is 0.846. The van der Waals surface area contributed by atoms with Gasteiger partial charge in [0.25, 0.3) is 0 Å². The van der Waals surface area contributed by atoms with Crippen molar-refractivity contribution in [3.05, 3.63) is 0 Å². The molecule has 2 amide bonds. The molecular weight excluding hydrogens is 246 g/mol. The Morgan fingerprint density at radius 2 is 2.26 bits per heavy atom. The summed E-state index contributed by atoms with van der Waals surface area (Å²) < 4.78 is 5.15. The molecule has 1 saturated heterocycles. The first-order valence-corrected chi connectivity index (χ1v) is 6.97. The zero-order valence-corrected chi connectivity index (χ0v) is 11.4. The van der Waals surface area contributed by atoms with E-state index in [9.17, 15) is 9.59 Å². The maximum Gasteiger partial charge on any atom is 0.239 e. The number of nitrogens with zero attached hydrogens (tertiary/aromatic N) is 1. The molecule has 0 spiro atoms. The Hall–Kier alpha value is -1.14. The maximum absolute atomic E-state index is 12.3. The molecule has 1 heterocycles. The molecule has 3 atom stereocenters. The Labute approximate surface area is 113 Å². The first-order valence-electron chi connectivity index (χ1n) is 6.97. The van der Waals surface area contributed by atoms with Gasteiger partial charge in [-0.3, -0.25) is 9.59 Å². The van der Waals surface area contributed by atoms with E-state index in [4.69, 9.17) is 10.5 Å². The lowest BCUT2D eigenvalue weighted by atomic mass is 9.87. The number of nitrogens with one attached hydrogen (secondary N) is 1. The summed E-state index contributed by atoms with van der Waals surface area (Å²) in [6, 6.07) is 0.270. The van der Waals surface area contributed by atoms with Crippen molar-refractivity contribution < 1.29 is 14.3 Å². The Balaban J connectivity index is 2.03. The van der Waals surface area contributed by atoms with Crippen molar-refractivity contribution in [2.75, 3.05) is 20.2 Å². The van der Waals surface area contributed by atoms with Gasteiger partial charge in [-0.05, 0) is 12.8 Å². The van der Waals surface area contributed by atoms with Gasteiger partial charge in [0, 0.05) is 19.7 Å². The van der Waals surface area contributed by atoms with Crippen LogP contribution in [0.5, 0.6) is 0 Å². The minimum absolute atomic E-state index is 0.0240. The van der Waals surface area contributed by atoms with E-state index < -0.39 is 0 Å². The molecule has 6 nitrogen and oxygen atoms in total. The molecule has 0 aromatic heterocycles. The number of amides is 2. The molecule has 1 aliphatic carbocycles. The molecule has 0 aromatic rings. The molecular formula is C13H23N3O3. The maximum atomic E-state index is 12.3. The number of carbonyl (C=O) groups is 2. The van der Waals surface area contributed by atoms with Crippen molar-refractivity contribution >= 4 is 11.8 Å². The van der Waals surface area contributed by atoms with Crippen molar-refractivity contribution in [3.63, 3.8) is 0 Å². The monoisotopic (exact) mass is 269 g/mol. The summed E-state index contributed by atoms with van der Waals surface area (Å²) in [6.45, 7) is 0.484. The Kier molecular flexibility index (Phi) is 4.76. The predicted octanol–water partition coefficient (Wildman–Crippen LogP) is -0.380. The third-order valence-electron chi connectivity index (χ3n) is 4.11. The first-order chi connectivity index (χ1) is 9.15.